The molecule has 5 nitrogen and oxygen atoms in total. The van der Waals surface area contributed by atoms with E-state index in [0.29, 0.717) is 16.7 Å². The summed E-state index contributed by atoms with van der Waals surface area (Å²) in [4.78, 5) is 16.0. The smallest absolute Gasteiger partial charge is 0.276 e. The molecule has 0 aliphatic rings. The number of nitrogens with zero attached hydrogens (tertiary/aromatic N) is 3. The first-order valence-electron chi connectivity index (χ1n) is 5.60. The minimum Gasteiger partial charge on any atom is -0.295 e. The van der Waals surface area contributed by atoms with Gasteiger partial charge in [-0.05, 0) is 12.8 Å². The van der Waals surface area contributed by atoms with E-state index >= 15 is 0 Å². The topological polar surface area (TPSA) is 67.8 Å². The van der Waals surface area contributed by atoms with E-state index in [9.17, 15) is 4.79 Å². The maximum Gasteiger partial charge on any atom is 0.276 e. The van der Waals surface area contributed by atoms with Gasteiger partial charge in [0.25, 0.3) is 5.91 Å². The summed E-state index contributed by atoms with van der Waals surface area (Å²) < 4.78 is 0. The first-order chi connectivity index (χ1) is 8.54. The normalized spacial score (nSPS) is 10.9. The Labute approximate surface area is 113 Å². The van der Waals surface area contributed by atoms with Crippen LogP contribution in [0.4, 0.5) is 5.13 Å². The van der Waals surface area contributed by atoms with Crippen LogP contribution in [0.5, 0.6) is 0 Å². The van der Waals surface area contributed by atoms with E-state index in [1.807, 2.05) is 6.92 Å². The van der Waals surface area contributed by atoms with Crippen molar-refractivity contribution in [2.45, 2.75) is 27.2 Å². The molecule has 0 radical (unpaired) electrons. The molecule has 96 valence electrons. The molecule has 7 heteroatoms. The van der Waals surface area contributed by atoms with E-state index in [1.54, 1.807) is 5.38 Å². The van der Waals surface area contributed by atoms with E-state index in [2.05, 4.69) is 34.3 Å². The van der Waals surface area contributed by atoms with Gasteiger partial charge < -0.3 is 0 Å². The molecule has 2 rings (SSSR count). The fraction of sp³-hybridized carbons (Fsp3) is 0.455. The second-order valence-corrected chi connectivity index (χ2v) is 6.43. The van der Waals surface area contributed by atoms with Gasteiger partial charge in [0.2, 0.25) is 5.13 Å². The molecule has 2 aromatic heterocycles. The van der Waals surface area contributed by atoms with Crippen molar-refractivity contribution < 1.29 is 4.79 Å². The average Bonchev–Trinajstić information content (AvgIpc) is 2.87. The Balaban J connectivity index is 2.01. The summed E-state index contributed by atoms with van der Waals surface area (Å²) in [5.41, 5.74) is 0.429. The first kappa shape index (κ1) is 13.1. The molecule has 1 amide bonds. The number of aryl methyl sites for hydroxylation is 1. The van der Waals surface area contributed by atoms with Crippen LogP contribution >= 0.6 is 22.7 Å². The fourth-order valence-electron chi connectivity index (χ4n) is 1.36. The molecular formula is C11H14N4OS2. The van der Waals surface area contributed by atoms with E-state index in [4.69, 9.17) is 0 Å². The van der Waals surface area contributed by atoms with Crippen LogP contribution in [0, 0.1) is 12.8 Å². The van der Waals surface area contributed by atoms with Gasteiger partial charge in [-0.3, -0.25) is 10.1 Å². The molecule has 0 aliphatic heterocycles. The fourth-order valence-corrected chi connectivity index (χ4v) is 2.90. The Bertz CT molecular complexity index is 547. The molecule has 2 aromatic rings. The number of thiazole rings is 1. The quantitative estimate of drug-likeness (QED) is 0.936. The van der Waals surface area contributed by atoms with Crippen molar-refractivity contribution in [2.75, 3.05) is 5.32 Å². The molecule has 1 N–H and O–H groups in total. The van der Waals surface area contributed by atoms with Crippen LogP contribution in [-0.4, -0.2) is 21.1 Å². The highest BCUT2D eigenvalue weighted by Gasteiger charge is 2.13. The molecule has 0 saturated carbocycles. The third-order valence-electron chi connectivity index (χ3n) is 2.12. The van der Waals surface area contributed by atoms with E-state index in [1.165, 1.54) is 22.7 Å². The molecule has 0 fully saturated rings. The van der Waals surface area contributed by atoms with E-state index in [-0.39, 0.29) is 5.91 Å². The van der Waals surface area contributed by atoms with Crippen molar-refractivity contribution in [1.82, 2.24) is 15.2 Å². The zero-order valence-electron chi connectivity index (χ0n) is 10.4. The molecule has 18 heavy (non-hydrogen) atoms. The first-order valence-corrected chi connectivity index (χ1v) is 7.30. The van der Waals surface area contributed by atoms with Gasteiger partial charge in [-0.2, -0.15) is 0 Å². The number of aromatic nitrogens is 3. The van der Waals surface area contributed by atoms with Crippen LogP contribution in [0.3, 0.4) is 0 Å². The van der Waals surface area contributed by atoms with Crippen molar-refractivity contribution in [2.24, 2.45) is 5.92 Å². The van der Waals surface area contributed by atoms with Gasteiger partial charge in [0.1, 0.15) is 10.7 Å². The molecule has 0 spiro atoms. The number of nitrogens with one attached hydrogen (secondary N) is 1. The Morgan fingerprint density at radius 3 is 2.83 bits per heavy atom. The third-order valence-corrected chi connectivity index (χ3v) is 3.76. The van der Waals surface area contributed by atoms with Gasteiger partial charge in [-0.15, -0.1) is 21.5 Å². The van der Waals surface area contributed by atoms with Gasteiger partial charge in [0.05, 0.1) is 5.01 Å². The van der Waals surface area contributed by atoms with Crippen molar-refractivity contribution in [3.05, 3.63) is 21.1 Å². The maximum absolute atomic E-state index is 11.8. The number of anilines is 1. The molecule has 2 heterocycles. The van der Waals surface area contributed by atoms with E-state index in [0.717, 1.165) is 16.4 Å². The van der Waals surface area contributed by atoms with E-state index < -0.39 is 0 Å². The molecule has 0 atom stereocenters. The number of rotatable bonds is 4. The summed E-state index contributed by atoms with van der Waals surface area (Å²) in [7, 11) is 0. The number of carbonyl (C=O) groups is 1. The van der Waals surface area contributed by atoms with Crippen LogP contribution in [-0.2, 0) is 6.42 Å². The molecule has 0 bridgehead atoms. The van der Waals surface area contributed by atoms with Gasteiger partial charge in [-0.25, -0.2) is 4.98 Å². The van der Waals surface area contributed by atoms with Crippen molar-refractivity contribution in [3.63, 3.8) is 0 Å². The van der Waals surface area contributed by atoms with Gasteiger partial charge in [0.15, 0.2) is 0 Å². The predicted octanol–water partition coefficient (Wildman–Crippen LogP) is 2.75. The lowest BCUT2D eigenvalue weighted by molar-refractivity contribution is 0.102. The lowest BCUT2D eigenvalue weighted by Gasteiger charge is -1.98. The largest absolute Gasteiger partial charge is 0.295 e. The Morgan fingerprint density at radius 1 is 1.44 bits per heavy atom. The number of hydrogen-bond acceptors (Lipinski definition) is 6. The summed E-state index contributed by atoms with van der Waals surface area (Å²) in [6, 6.07) is 0. The zero-order valence-corrected chi connectivity index (χ0v) is 12.1. The van der Waals surface area contributed by atoms with Crippen LogP contribution in [0.2, 0.25) is 0 Å². The monoisotopic (exact) mass is 282 g/mol. The lowest BCUT2D eigenvalue weighted by Crippen LogP contribution is -2.12. The summed E-state index contributed by atoms with van der Waals surface area (Å²) in [6.45, 7) is 6.11. The zero-order chi connectivity index (χ0) is 13.1. The molecule has 0 aromatic carbocycles. The maximum atomic E-state index is 11.8. The molecule has 0 aliphatic carbocycles. The minimum absolute atomic E-state index is 0.230. The number of carbonyl (C=O) groups excluding carboxylic acids is 1. The van der Waals surface area contributed by atoms with Crippen LogP contribution in [0.25, 0.3) is 0 Å². The van der Waals surface area contributed by atoms with Gasteiger partial charge in [0, 0.05) is 11.8 Å². The van der Waals surface area contributed by atoms with Crippen molar-refractivity contribution in [1.29, 1.82) is 0 Å². The Hall–Kier alpha value is -1.34. The molecule has 0 saturated heterocycles. The minimum atomic E-state index is -0.230. The standard InChI is InChI=1S/C11H14N4OS2/c1-6(2)4-9-14-15-11(18-9)13-10(16)8-5-17-7(3)12-8/h5-6H,4H2,1-3H3,(H,13,15,16). The Kier molecular flexibility index (Phi) is 4.03. The van der Waals surface area contributed by atoms with Crippen LogP contribution in [0.15, 0.2) is 5.38 Å². The van der Waals surface area contributed by atoms with Crippen molar-refractivity contribution in [3.8, 4) is 0 Å². The molecule has 0 unspecified atom stereocenters. The number of hydrogen-bond donors (Lipinski definition) is 1. The Morgan fingerprint density at radius 2 is 2.22 bits per heavy atom. The highest BCUT2D eigenvalue weighted by molar-refractivity contribution is 7.15. The second kappa shape index (κ2) is 5.53. The van der Waals surface area contributed by atoms with Crippen molar-refractivity contribution >= 4 is 33.7 Å². The predicted molar refractivity (Wildman–Crippen MR) is 73.3 cm³/mol. The summed E-state index contributed by atoms with van der Waals surface area (Å²) >= 11 is 2.86. The summed E-state index contributed by atoms with van der Waals surface area (Å²) in [6.07, 6.45) is 0.878. The third kappa shape index (κ3) is 3.33. The molecular weight excluding hydrogens is 268 g/mol. The summed E-state index contributed by atoms with van der Waals surface area (Å²) in [5, 5.41) is 14.8. The summed E-state index contributed by atoms with van der Waals surface area (Å²) in [5.74, 6) is 0.300. The average molecular weight is 282 g/mol. The van der Waals surface area contributed by atoms with Crippen LogP contribution < -0.4 is 5.32 Å². The highest BCUT2D eigenvalue weighted by atomic mass is 32.1. The highest BCUT2D eigenvalue weighted by Crippen LogP contribution is 2.19. The second-order valence-electron chi connectivity index (χ2n) is 4.30. The van der Waals surface area contributed by atoms with Gasteiger partial charge in [-0.1, -0.05) is 25.2 Å². The van der Waals surface area contributed by atoms with Gasteiger partial charge >= 0.3 is 0 Å². The van der Waals surface area contributed by atoms with Crippen LogP contribution in [0.1, 0.15) is 34.4 Å². The number of amides is 1. The lowest BCUT2D eigenvalue weighted by atomic mass is 10.1. The SMILES string of the molecule is Cc1nc(C(=O)Nc2nnc(CC(C)C)s2)cs1.